The molecule has 6 nitrogen and oxygen atoms in total. The van der Waals surface area contributed by atoms with E-state index in [9.17, 15) is 8.42 Å². The topological polar surface area (TPSA) is 86.1 Å². The Hall–Kier alpha value is -0.780. The highest BCUT2D eigenvalue weighted by Crippen LogP contribution is 2.09. The first-order valence-corrected chi connectivity index (χ1v) is 7.54. The van der Waals surface area contributed by atoms with Crippen LogP contribution in [0.3, 0.4) is 0 Å². The fraction of sp³-hybridized carbons (Fsp3) is 1.00. The van der Waals surface area contributed by atoms with E-state index < -0.39 is 10.2 Å². The zero-order valence-electron chi connectivity index (χ0n) is 10.7. The third kappa shape index (κ3) is 7.20. The van der Waals surface area contributed by atoms with E-state index in [2.05, 4.69) is 23.3 Å². The van der Waals surface area contributed by atoms with Gasteiger partial charge in [-0.25, -0.2) is 8.42 Å². The van der Waals surface area contributed by atoms with Crippen molar-refractivity contribution in [2.45, 2.75) is 52.4 Å². The van der Waals surface area contributed by atoms with Gasteiger partial charge >= 0.3 is 10.2 Å². The van der Waals surface area contributed by atoms with Crippen molar-refractivity contribution in [2.75, 3.05) is 13.1 Å². The highest BCUT2D eigenvalue weighted by atomic mass is 32.2. The molecule has 0 heterocycles. The Morgan fingerprint density at radius 1 is 1.06 bits per heavy atom. The molecular formula is C10H22N4O2S. The molecule has 100 valence electrons. The van der Waals surface area contributed by atoms with Gasteiger partial charge in [-0.1, -0.05) is 39.5 Å². The minimum atomic E-state index is -3.79. The van der Waals surface area contributed by atoms with Crippen LogP contribution in [0.15, 0.2) is 4.52 Å². The fourth-order valence-electron chi connectivity index (χ4n) is 1.52. The molecule has 0 N–H and O–H groups in total. The highest BCUT2D eigenvalue weighted by Gasteiger charge is 2.19. The van der Waals surface area contributed by atoms with Crippen molar-refractivity contribution in [1.29, 1.82) is 0 Å². The molecule has 0 saturated heterocycles. The molecule has 0 aromatic rings. The Kier molecular flexibility index (Phi) is 8.85. The standard InChI is InChI=1S/C10H22N4O2S/c1-3-5-7-9-14(10-8-6-4-2)17(15,16)13-12-11/h3-10H2,1-2H3. The Morgan fingerprint density at radius 3 is 1.88 bits per heavy atom. The van der Waals surface area contributed by atoms with Gasteiger partial charge in [-0.2, -0.15) is 4.31 Å². The highest BCUT2D eigenvalue weighted by molar-refractivity contribution is 7.87. The monoisotopic (exact) mass is 262 g/mol. The first-order valence-electron chi connectivity index (χ1n) is 6.15. The second-order valence-electron chi connectivity index (χ2n) is 3.96. The summed E-state index contributed by atoms with van der Waals surface area (Å²) in [5.74, 6) is 0. The Labute approximate surface area is 104 Å². The third-order valence-corrected chi connectivity index (χ3v) is 3.79. The molecule has 17 heavy (non-hydrogen) atoms. The van der Waals surface area contributed by atoms with Gasteiger partial charge in [0.15, 0.2) is 0 Å². The van der Waals surface area contributed by atoms with Crippen molar-refractivity contribution in [2.24, 2.45) is 4.52 Å². The van der Waals surface area contributed by atoms with Gasteiger partial charge in [0, 0.05) is 22.5 Å². The summed E-state index contributed by atoms with van der Waals surface area (Å²) in [4.78, 5) is 2.38. The van der Waals surface area contributed by atoms with Crippen LogP contribution in [0.5, 0.6) is 0 Å². The van der Waals surface area contributed by atoms with Gasteiger partial charge in [0.1, 0.15) is 0 Å². The Morgan fingerprint density at radius 2 is 1.53 bits per heavy atom. The molecule has 0 rings (SSSR count). The predicted octanol–water partition coefficient (Wildman–Crippen LogP) is 3.22. The number of hydrogen-bond acceptors (Lipinski definition) is 2. The number of rotatable bonds is 10. The first kappa shape index (κ1) is 16.2. The molecule has 0 saturated carbocycles. The van der Waals surface area contributed by atoms with Crippen LogP contribution in [0.2, 0.25) is 0 Å². The summed E-state index contributed by atoms with van der Waals surface area (Å²) >= 11 is 0. The fourth-order valence-corrected chi connectivity index (χ4v) is 2.43. The summed E-state index contributed by atoms with van der Waals surface area (Å²) < 4.78 is 27.4. The van der Waals surface area contributed by atoms with Gasteiger partial charge in [-0.3, -0.25) is 0 Å². The molecule has 0 aliphatic rings. The molecule has 0 aromatic carbocycles. The lowest BCUT2D eigenvalue weighted by Crippen LogP contribution is -2.31. The van der Waals surface area contributed by atoms with Gasteiger partial charge in [0.2, 0.25) is 0 Å². The molecular weight excluding hydrogens is 240 g/mol. The van der Waals surface area contributed by atoms with E-state index in [4.69, 9.17) is 5.53 Å². The lowest BCUT2D eigenvalue weighted by atomic mass is 10.2. The lowest BCUT2D eigenvalue weighted by Gasteiger charge is -2.18. The summed E-state index contributed by atoms with van der Waals surface area (Å²) in [5.41, 5.74) is 8.25. The maximum Gasteiger partial charge on any atom is 0.302 e. The minimum absolute atomic E-state index is 0.443. The normalized spacial score (nSPS) is 11.5. The molecule has 0 spiro atoms. The molecule has 0 aromatic heterocycles. The molecule has 0 fully saturated rings. The smallest absolute Gasteiger partial charge is 0.204 e. The van der Waals surface area contributed by atoms with E-state index in [1.54, 1.807) is 0 Å². The van der Waals surface area contributed by atoms with Gasteiger partial charge in [-0.05, 0) is 18.4 Å². The Balaban J connectivity index is 4.43. The molecule has 0 atom stereocenters. The van der Waals surface area contributed by atoms with E-state index in [1.807, 2.05) is 0 Å². The summed E-state index contributed by atoms with van der Waals surface area (Å²) in [7, 11) is -3.79. The number of hydrogen-bond donors (Lipinski definition) is 0. The van der Waals surface area contributed by atoms with Gasteiger partial charge in [0.25, 0.3) is 0 Å². The average molecular weight is 262 g/mol. The van der Waals surface area contributed by atoms with Crippen LogP contribution in [-0.4, -0.2) is 25.8 Å². The maximum absolute atomic E-state index is 11.6. The predicted molar refractivity (Wildman–Crippen MR) is 68.7 cm³/mol. The Bertz CT molecular complexity index is 326. The molecule has 0 aliphatic heterocycles. The van der Waals surface area contributed by atoms with Crippen molar-refractivity contribution in [3.05, 3.63) is 10.4 Å². The van der Waals surface area contributed by atoms with Crippen LogP contribution in [0, 0.1) is 0 Å². The quantitative estimate of drug-likeness (QED) is 0.262. The molecule has 0 radical (unpaired) electrons. The van der Waals surface area contributed by atoms with Crippen LogP contribution >= 0.6 is 0 Å². The third-order valence-electron chi connectivity index (χ3n) is 2.49. The molecule has 7 heteroatoms. The van der Waals surface area contributed by atoms with Gasteiger partial charge in [-0.15, -0.1) is 0 Å². The zero-order chi connectivity index (χ0) is 13.1. The second kappa shape index (κ2) is 9.27. The largest absolute Gasteiger partial charge is 0.302 e. The van der Waals surface area contributed by atoms with Crippen molar-refractivity contribution >= 4 is 10.2 Å². The van der Waals surface area contributed by atoms with Crippen LogP contribution in [0.4, 0.5) is 0 Å². The SMILES string of the molecule is CCCCCN(CCCCC)S(=O)(=O)N=[N+]=[N-]. The summed E-state index contributed by atoms with van der Waals surface area (Å²) in [6.07, 6.45) is 5.65. The maximum atomic E-state index is 11.6. The van der Waals surface area contributed by atoms with Gasteiger partial charge in [0.05, 0.1) is 0 Å². The van der Waals surface area contributed by atoms with Gasteiger partial charge < -0.3 is 0 Å². The first-order chi connectivity index (χ1) is 8.08. The van der Waals surface area contributed by atoms with E-state index in [0.717, 1.165) is 38.5 Å². The summed E-state index contributed by atoms with van der Waals surface area (Å²) in [6.45, 7) is 5.00. The van der Waals surface area contributed by atoms with E-state index in [0.29, 0.717) is 13.1 Å². The molecule has 0 aliphatic carbocycles. The van der Waals surface area contributed by atoms with Crippen molar-refractivity contribution in [3.8, 4) is 0 Å². The van der Waals surface area contributed by atoms with Crippen molar-refractivity contribution in [1.82, 2.24) is 4.31 Å². The van der Waals surface area contributed by atoms with Crippen LogP contribution in [0.25, 0.3) is 10.4 Å². The zero-order valence-corrected chi connectivity index (χ0v) is 11.5. The molecule has 0 unspecified atom stereocenters. The number of unbranched alkanes of at least 4 members (excludes halogenated alkanes) is 4. The lowest BCUT2D eigenvalue weighted by molar-refractivity contribution is 0.389. The number of azide groups is 1. The van der Waals surface area contributed by atoms with Crippen LogP contribution in [0.1, 0.15) is 52.4 Å². The second-order valence-corrected chi connectivity index (χ2v) is 5.54. The van der Waals surface area contributed by atoms with E-state index in [1.165, 1.54) is 4.31 Å². The summed E-state index contributed by atoms with van der Waals surface area (Å²) in [5, 5.41) is 0. The molecule has 0 bridgehead atoms. The van der Waals surface area contributed by atoms with Crippen molar-refractivity contribution < 1.29 is 8.42 Å². The van der Waals surface area contributed by atoms with Crippen molar-refractivity contribution in [3.63, 3.8) is 0 Å². The average Bonchev–Trinajstić information content (AvgIpc) is 2.27. The molecule has 0 amide bonds. The number of nitrogens with zero attached hydrogens (tertiary/aromatic N) is 4. The van der Waals surface area contributed by atoms with Crippen LogP contribution in [-0.2, 0) is 10.2 Å². The minimum Gasteiger partial charge on any atom is -0.204 e. The van der Waals surface area contributed by atoms with E-state index >= 15 is 0 Å². The van der Waals surface area contributed by atoms with Crippen LogP contribution < -0.4 is 0 Å². The van der Waals surface area contributed by atoms with E-state index in [-0.39, 0.29) is 0 Å². The summed E-state index contributed by atoms with van der Waals surface area (Å²) in [6, 6.07) is 0.